The zero-order valence-corrected chi connectivity index (χ0v) is 16.8. The summed E-state index contributed by atoms with van der Waals surface area (Å²) >= 11 is 0. The van der Waals surface area contributed by atoms with Crippen LogP contribution in [0.2, 0.25) is 0 Å². The predicted octanol–water partition coefficient (Wildman–Crippen LogP) is 1.70. The Morgan fingerprint density at radius 1 is 0.935 bits per heavy atom. The van der Waals surface area contributed by atoms with Gasteiger partial charge in [-0.25, -0.2) is 19.6 Å². The maximum atomic E-state index is 12.6. The maximum absolute atomic E-state index is 12.6. The summed E-state index contributed by atoms with van der Waals surface area (Å²) in [6, 6.07) is 17.3. The molecule has 1 aliphatic heterocycles. The van der Waals surface area contributed by atoms with Crippen molar-refractivity contribution < 1.29 is 29.0 Å². The molecule has 0 saturated carbocycles. The fourth-order valence-electron chi connectivity index (χ4n) is 3.19. The van der Waals surface area contributed by atoms with Crippen LogP contribution in [0.3, 0.4) is 0 Å². The second-order valence-corrected chi connectivity index (χ2v) is 6.94. The van der Waals surface area contributed by atoms with Crippen molar-refractivity contribution in [2.45, 2.75) is 18.9 Å². The number of carbonyl (C=O) groups excluding carboxylic acids is 3. The molecule has 1 saturated heterocycles. The summed E-state index contributed by atoms with van der Waals surface area (Å²) < 4.78 is 5.18. The molecule has 0 bridgehead atoms. The van der Waals surface area contributed by atoms with Gasteiger partial charge in [0.25, 0.3) is 11.8 Å². The molecule has 31 heavy (non-hydrogen) atoms. The molecule has 1 aliphatic rings. The number of hydrogen-bond acceptors (Lipinski definition) is 5. The fraction of sp³-hybridized carbons (Fsp3) is 0.273. The molecule has 9 heteroatoms. The summed E-state index contributed by atoms with van der Waals surface area (Å²) in [6.45, 7) is 0.185. The molecule has 3 rings (SSSR count). The number of aliphatic carboxylic acids is 1. The molecule has 2 N–H and O–H groups in total. The van der Waals surface area contributed by atoms with Gasteiger partial charge < -0.3 is 15.2 Å². The van der Waals surface area contributed by atoms with Crippen molar-refractivity contribution in [2.24, 2.45) is 0 Å². The maximum Gasteiger partial charge on any atom is 0.429 e. The minimum absolute atomic E-state index is 0.0107. The van der Waals surface area contributed by atoms with Crippen molar-refractivity contribution in [3.63, 3.8) is 0 Å². The van der Waals surface area contributed by atoms with Crippen LogP contribution in [-0.4, -0.2) is 64.7 Å². The van der Waals surface area contributed by atoms with Gasteiger partial charge in [-0.15, -0.1) is 0 Å². The van der Waals surface area contributed by atoms with Crippen LogP contribution >= 0.6 is 0 Å². The zero-order chi connectivity index (χ0) is 22.2. The van der Waals surface area contributed by atoms with Gasteiger partial charge in [0.1, 0.15) is 0 Å². The third kappa shape index (κ3) is 5.81. The van der Waals surface area contributed by atoms with Crippen LogP contribution in [0.5, 0.6) is 0 Å². The van der Waals surface area contributed by atoms with E-state index in [4.69, 9.17) is 4.74 Å². The summed E-state index contributed by atoms with van der Waals surface area (Å²) in [4.78, 5) is 48.8. The van der Waals surface area contributed by atoms with Gasteiger partial charge >= 0.3 is 12.1 Å². The molecule has 0 spiro atoms. The van der Waals surface area contributed by atoms with Gasteiger partial charge in [-0.1, -0.05) is 48.5 Å². The lowest BCUT2D eigenvalue weighted by Gasteiger charge is -2.28. The molecule has 0 unspecified atom stereocenters. The van der Waals surface area contributed by atoms with Crippen molar-refractivity contribution >= 4 is 23.9 Å². The normalized spacial score (nSPS) is 14.1. The number of hydrogen-bond donors (Lipinski definition) is 2. The molecule has 1 atom stereocenters. The largest absolute Gasteiger partial charge is 0.478 e. The van der Waals surface area contributed by atoms with E-state index in [1.54, 1.807) is 60.7 Å². The average molecular weight is 425 g/mol. The number of carboxylic acids is 1. The lowest BCUT2D eigenvalue weighted by Crippen LogP contribution is -2.50. The highest BCUT2D eigenvalue weighted by atomic mass is 16.6. The molecule has 9 nitrogen and oxygen atoms in total. The Kier molecular flexibility index (Phi) is 7.21. The van der Waals surface area contributed by atoms with Crippen molar-refractivity contribution in [3.05, 3.63) is 71.8 Å². The molecular formula is C22H23N3O6. The van der Waals surface area contributed by atoms with Gasteiger partial charge in [0, 0.05) is 25.1 Å². The smallest absolute Gasteiger partial charge is 0.429 e. The summed E-state index contributed by atoms with van der Waals surface area (Å²) in [6.07, 6.45) is -1.77. The third-order valence-corrected chi connectivity index (χ3v) is 4.75. The van der Waals surface area contributed by atoms with E-state index < -0.39 is 30.0 Å². The zero-order valence-electron chi connectivity index (χ0n) is 16.8. The SMILES string of the molecule is O=C(NCC(=O)N1CCCN1C(=O)O[C@@H](Cc1ccccc1)C(=O)O)c1ccccc1. The summed E-state index contributed by atoms with van der Waals surface area (Å²) in [5.41, 5.74) is 1.12. The average Bonchev–Trinajstić information content (AvgIpc) is 3.28. The first-order valence-corrected chi connectivity index (χ1v) is 9.84. The number of ether oxygens (including phenoxy) is 1. The van der Waals surface area contributed by atoms with E-state index in [-0.39, 0.29) is 26.1 Å². The van der Waals surface area contributed by atoms with Crippen LogP contribution < -0.4 is 5.32 Å². The van der Waals surface area contributed by atoms with Gasteiger partial charge in [-0.3, -0.25) is 9.59 Å². The van der Waals surface area contributed by atoms with E-state index in [1.165, 1.54) is 5.01 Å². The number of amides is 3. The van der Waals surface area contributed by atoms with Crippen LogP contribution in [-0.2, 0) is 20.7 Å². The molecule has 2 aromatic rings. The fourth-order valence-corrected chi connectivity index (χ4v) is 3.19. The Morgan fingerprint density at radius 2 is 1.55 bits per heavy atom. The number of nitrogens with zero attached hydrogens (tertiary/aromatic N) is 2. The Labute approximate surface area is 179 Å². The van der Waals surface area contributed by atoms with E-state index in [0.29, 0.717) is 17.5 Å². The molecule has 162 valence electrons. The Balaban J connectivity index is 1.57. The molecule has 1 fully saturated rings. The molecule has 0 aromatic heterocycles. The van der Waals surface area contributed by atoms with Crippen molar-refractivity contribution in [2.75, 3.05) is 19.6 Å². The van der Waals surface area contributed by atoms with Crippen molar-refractivity contribution in [1.82, 2.24) is 15.3 Å². The predicted molar refractivity (Wildman–Crippen MR) is 110 cm³/mol. The van der Waals surface area contributed by atoms with E-state index in [0.717, 1.165) is 5.01 Å². The molecule has 0 aliphatic carbocycles. The molecular weight excluding hydrogens is 402 g/mol. The van der Waals surface area contributed by atoms with Crippen LogP contribution in [0.15, 0.2) is 60.7 Å². The van der Waals surface area contributed by atoms with Crippen molar-refractivity contribution in [3.8, 4) is 0 Å². The first-order chi connectivity index (χ1) is 15.0. The quantitative estimate of drug-likeness (QED) is 0.698. The molecule has 2 aromatic carbocycles. The monoisotopic (exact) mass is 425 g/mol. The van der Waals surface area contributed by atoms with Gasteiger partial charge in [0.15, 0.2) is 0 Å². The Bertz CT molecular complexity index is 935. The third-order valence-electron chi connectivity index (χ3n) is 4.75. The van der Waals surface area contributed by atoms with E-state index in [2.05, 4.69) is 5.32 Å². The summed E-state index contributed by atoms with van der Waals surface area (Å²) in [5, 5.41) is 14.2. The highest BCUT2D eigenvalue weighted by Crippen LogP contribution is 2.15. The standard InChI is InChI=1S/C22H23N3O6/c26-19(15-23-20(27)17-10-5-2-6-11-17)24-12-7-13-25(24)22(30)31-18(21(28)29)14-16-8-3-1-4-9-16/h1-6,8-11,18H,7,12-15H2,(H,23,27)(H,28,29)/t18-/m0/s1. The summed E-state index contributed by atoms with van der Waals surface area (Å²) in [7, 11) is 0. The van der Waals surface area contributed by atoms with Crippen LogP contribution in [0, 0.1) is 0 Å². The minimum atomic E-state index is -1.38. The molecule has 3 amide bonds. The molecule has 0 radical (unpaired) electrons. The van der Waals surface area contributed by atoms with Gasteiger partial charge in [0.05, 0.1) is 6.54 Å². The first kappa shape index (κ1) is 21.8. The minimum Gasteiger partial charge on any atom is -0.478 e. The number of benzene rings is 2. The second-order valence-electron chi connectivity index (χ2n) is 6.94. The number of carbonyl (C=O) groups is 4. The lowest BCUT2D eigenvalue weighted by atomic mass is 10.1. The van der Waals surface area contributed by atoms with Crippen LogP contribution in [0.25, 0.3) is 0 Å². The van der Waals surface area contributed by atoms with Gasteiger partial charge in [-0.05, 0) is 24.1 Å². The number of carboxylic acid groups (broad SMARTS) is 1. The van der Waals surface area contributed by atoms with Crippen molar-refractivity contribution in [1.29, 1.82) is 0 Å². The van der Waals surface area contributed by atoms with Gasteiger partial charge in [0.2, 0.25) is 6.10 Å². The van der Waals surface area contributed by atoms with E-state index >= 15 is 0 Å². The Hall–Kier alpha value is -3.88. The second kappa shape index (κ2) is 10.2. The number of nitrogens with one attached hydrogen (secondary N) is 1. The van der Waals surface area contributed by atoms with E-state index in [9.17, 15) is 24.3 Å². The number of rotatable bonds is 7. The summed E-state index contributed by atoms with van der Waals surface area (Å²) in [5.74, 6) is -2.17. The highest BCUT2D eigenvalue weighted by molar-refractivity contribution is 5.96. The lowest BCUT2D eigenvalue weighted by molar-refractivity contribution is -0.149. The topological polar surface area (TPSA) is 116 Å². The Morgan fingerprint density at radius 3 is 2.19 bits per heavy atom. The van der Waals surface area contributed by atoms with Crippen LogP contribution in [0.4, 0.5) is 4.79 Å². The van der Waals surface area contributed by atoms with Crippen LogP contribution in [0.1, 0.15) is 22.3 Å². The first-order valence-electron chi connectivity index (χ1n) is 9.84. The molecule has 1 heterocycles. The highest BCUT2D eigenvalue weighted by Gasteiger charge is 2.34. The number of hydrazine groups is 1. The van der Waals surface area contributed by atoms with E-state index in [1.807, 2.05) is 0 Å². The van der Waals surface area contributed by atoms with Gasteiger partial charge in [-0.2, -0.15) is 0 Å².